The molecule has 2 heterocycles. The summed E-state index contributed by atoms with van der Waals surface area (Å²) in [6.07, 6.45) is 12.9. The van der Waals surface area contributed by atoms with E-state index in [1.54, 1.807) is 0 Å². The lowest BCUT2D eigenvalue weighted by Crippen LogP contribution is -2.17. The Morgan fingerprint density at radius 2 is 2.17 bits per heavy atom. The second-order valence-corrected chi connectivity index (χ2v) is 5.09. The number of aromatic nitrogens is 3. The van der Waals surface area contributed by atoms with E-state index in [1.807, 2.05) is 18.7 Å². The van der Waals surface area contributed by atoms with Gasteiger partial charge in [-0.15, -0.1) is 0 Å². The van der Waals surface area contributed by atoms with Crippen LogP contribution in [-0.4, -0.2) is 21.2 Å². The molecule has 0 amide bonds. The van der Waals surface area contributed by atoms with Gasteiger partial charge in [0.15, 0.2) is 0 Å². The highest BCUT2D eigenvalue weighted by atomic mass is 15.1. The van der Waals surface area contributed by atoms with Gasteiger partial charge < -0.3 is 14.5 Å². The third-order valence-corrected chi connectivity index (χ3v) is 3.71. The fourth-order valence-electron chi connectivity index (χ4n) is 2.54. The number of imidazole rings is 1. The molecule has 0 aromatic carbocycles. The number of nitrogens with one attached hydrogen (secondary N) is 1. The van der Waals surface area contributed by atoms with Crippen LogP contribution >= 0.6 is 0 Å². The van der Waals surface area contributed by atoms with Crippen LogP contribution in [0.1, 0.15) is 24.4 Å². The van der Waals surface area contributed by atoms with Crippen molar-refractivity contribution in [3.05, 3.63) is 42.7 Å². The van der Waals surface area contributed by atoms with Crippen molar-refractivity contribution in [1.29, 1.82) is 0 Å². The molecule has 1 saturated carbocycles. The van der Waals surface area contributed by atoms with E-state index in [-0.39, 0.29) is 0 Å². The predicted octanol–water partition coefficient (Wildman–Crippen LogP) is 2.06. The topological polar surface area (TPSA) is 34.8 Å². The summed E-state index contributed by atoms with van der Waals surface area (Å²) in [5.41, 5.74) is 1.42. The average Bonchev–Trinajstić information content (AvgIpc) is 2.92. The minimum absolute atomic E-state index is 0.541. The summed E-state index contributed by atoms with van der Waals surface area (Å²) in [7, 11) is 2.06. The third-order valence-electron chi connectivity index (χ3n) is 3.71. The molecule has 0 bridgehead atoms. The van der Waals surface area contributed by atoms with Crippen molar-refractivity contribution in [2.24, 2.45) is 5.92 Å². The fourth-order valence-corrected chi connectivity index (χ4v) is 2.54. The van der Waals surface area contributed by atoms with E-state index in [0.717, 1.165) is 19.0 Å². The van der Waals surface area contributed by atoms with Crippen LogP contribution in [0.15, 0.2) is 37.2 Å². The van der Waals surface area contributed by atoms with Crippen LogP contribution in [0, 0.1) is 5.92 Å². The molecule has 96 valence electrons. The van der Waals surface area contributed by atoms with Crippen LogP contribution in [0.4, 0.5) is 0 Å². The van der Waals surface area contributed by atoms with Crippen LogP contribution in [0.2, 0.25) is 0 Å². The first-order valence-electron chi connectivity index (χ1n) is 6.65. The Morgan fingerprint density at radius 3 is 2.83 bits per heavy atom. The molecule has 18 heavy (non-hydrogen) atoms. The smallest absolute Gasteiger partial charge is 0.0946 e. The van der Waals surface area contributed by atoms with Gasteiger partial charge in [0.1, 0.15) is 0 Å². The van der Waals surface area contributed by atoms with Crippen LogP contribution in [0.5, 0.6) is 0 Å². The largest absolute Gasteiger partial charge is 0.352 e. The molecule has 0 aliphatic heterocycles. The Balaban J connectivity index is 1.62. The zero-order valence-corrected chi connectivity index (χ0v) is 10.8. The molecule has 0 radical (unpaired) electrons. The molecule has 1 aliphatic carbocycles. The Labute approximate surface area is 108 Å². The van der Waals surface area contributed by atoms with Gasteiger partial charge in [0, 0.05) is 43.9 Å². The van der Waals surface area contributed by atoms with Crippen molar-refractivity contribution >= 4 is 0 Å². The lowest BCUT2D eigenvalue weighted by Gasteiger charge is -2.13. The number of aryl methyl sites for hydroxylation is 2. The maximum Gasteiger partial charge on any atom is 0.0946 e. The normalized spacial score (nSPS) is 16.9. The van der Waals surface area contributed by atoms with E-state index >= 15 is 0 Å². The van der Waals surface area contributed by atoms with Crippen molar-refractivity contribution in [1.82, 2.24) is 19.4 Å². The summed E-state index contributed by atoms with van der Waals surface area (Å²) in [5.74, 6) is 0.847. The SMILES string of the molecule is CNC(c1ccn(CCn2ccnc2)c1)C1CC1. The van der Waals surface area contributed by atoms with Crippen molar-refractivity contribution < 1.29 is 0 Å². The van der Waals surface area contributed by atoms with E-state index in [4.69, 9.17) is 0 Å². The molecule has 0 spiro atoms. The lowest BCUT2D eigenvalue weighted by atomic mass is 10.1. The van der Waals surface area contributed by atoms with Gasteiger partial charge in [-0.1, -0.05) is 0 Å². The summed E-state index contributed by atoms with van der Waals surface area (Å²) in [6.45, 7) is 1.97. The van der Waals surface area contributed by atoms with Gasteiger partial charge in [0.05, 0.1) is 6.33 Å². The second kappa shape index (κ2) is 4.98. The zero-order valence-electron chi connectivity index (χ0n) is 10.8. The van der Waals surface area contributed by atoms with Crippen molar-refractivity contribution in [3.8, 4) is 0 Å². The van der Waals surface area contributed by atoms with Crippen LogP contribution in [0.3, 0.4) is 0 Å². The molecular formula is C14H20N4. The Bertz CT molecular complexity index is 482. The molecule has 3 rings (SSSR count). The van der Waals surface area contributed by atoms with E-state index < -0.39 is 0 Å². The summed E-state index contributed by atoms with van der Waals surface area (Å²) in [6, 6.07) is 2.78. The van der Waals surface area contributed by atoms with Gasteiger partial charge in [-0.25, -0.2) is 4.98 Å². The predicted molar refractivity (Wildman–Crippen MR) is 71.2 cm³/mol. The highest BCUT2D eigenvalue weighted by molar-refractivity contribution is 5.18. The Hall–Kier alpha value is -1.55. The Kier molecular flexibility index (Phi) is 3.19. The number of hydrogen-bond acceptors (Lipinski definition) is 2. The van der Waals surface area contributed by atoms with Crippen molar-refractivity contribution in [3.63, 3.8) is 0 Å². The lowest BCUT2D eigenvalue weighted by molar-refractivity contribution is 0.524. The first kappa shape index (κ1) is 11.5. The highest BCUT2D eigenvalue weighted by Gasteiger charge is 2.31. The highest BCUT2D eigenvalue weighted by Crippen LogP contribution is 2.40. The molecule has 2 aromatic heterocycles. The number of rotatable bonds is 6. The van der Waals surface area contributed by atoms with E-state index in [9.17, 15) is 0 Å². The first-order chi connectivity index (χ1) is 8.86. The Morgan fingerprint density at radius 1 is 1.33 bits per heavy atom. The molecule has 1 aliphatic rings. The fraction of sp³-hybridized carbons (Fsp3) is 0.500. The molecule has 4 heteroatoms. The molecule has 1 atom stereocenters. The molecule has 0 saturated heterocycles. The number of nitrogens with zero attached hydrogens (tertiary/aromatic N) is 3. The van der Waals surface area contributed by atoms with Gasteiger partial charge in [0.25, 0.3) is 0 Å². The molecule has 2 aromatic rings. The first-order valence-corrected chi connectivity index (χ1v) is 6.65. The van der Waals surface area contributed by atoms with E-state index in [2.05, 4.69) is 44.9 Å². The second-order valence-electron chi connectivity index (χ2n) is 5.09. The van der Waals surface area contributed by atoms with Crippen molar-refractivity contribution in [2.45, 2.75) is 32.0 Å². The molecular weight excluding hydrogens is 224 g/mol. The van der Waals surface area contributed by atoms with Gasteiger partial charge in [-0.2, -0.15) is 0 Å². The number of hydrogen-bond donors (Lipinski definition) is 1. The maximum absolute atomic E-state index is 4.06. The maximum atomic E-state index is 4.06. The van der Waals surface area contributed by atoms with Gasteiger partial charge in [0.2, 0.25) is 0 Å². The minimum atomic E-state index is 0.541. The zero-order chi connectivity index (χ0) is 12.4. The minimum Gasteiger partial charge on any atom is -0.352 e. The molecule has 1 N–H and O–H groups in total. The molecule has 1 fully saturated rings. The summed E-state index contributed by atoms with van der Waals surface area (Å²) < 4.78 is 4.37. The monoisotopic (exact) mass is 244 g/mol. The van der Waals surface area contributed by atoms with Crippen molar-refractivity contribution in [2.75, 3.05) is 7.05 Å². The van der Waals surface area contributed by atoms with E-state index in [0.29, 0.717) is 6.04 Å². The van der Waals surface area contributed by atoms with Gasteiger partial charge in [-0.3, -0.25) is 0 Å². The quantitative estimate of drug-likeness (QED) is 0.844. The summed E-state index contributed by atoms with van der Waals surface area (Å²) in [4.78, 5) is 4.06. The average molecular weight is 244 g/mol. The standard InChI is InChI=1S/C14H20N4/c1-15-14(12-2-3-12)13-4-6-17(10-13)8-9-18-7-5-16-11-18/h4-7,10-12,14-15H,2-3,8-9H2,1H3. The van der Waals surface area contributed by atoms with Crippen LogP contribution in [0.25, 0.3) is 0 Å². The van der Waals surface area contributed by atoms with Crippen LogP contribution < -0.4 is 5.32 Å². The summed E-state index contributed by atoms with van der Waals surface area (Å²) >= 11 is 0. The molecule has 4 nitrogen and oxygen atoms in total. The molecule has 1 unspecified atom stereocenters. The summed E-state index contributed by atoms with van der Waals surface area (Å²) in [5, 5.41) is 3.43. The van der Waals surface area contributed by atoms with Gasteiger partial charge in [-0.05, 0) is 37.4 Å². The third kappa shape index (κ3) is 2.48. The van der Waals surface area contributed by atoms with E-state index in [1.165, 1.54) is 18.4 Å². The van der Waals surface area contributed by atoms with Gasteiger partial charge >= 0.3 is 0 Å². The van der Waals surface area contributed by atoms with Crippen LogP contribution in [-0.2, 0) is 13.1 Å².